The van der Waals surface area contributed by atoms with Crippen LogP contribution in [0.2, 0.25) is 0 Å². The lowest BCUT2D eigenvalue weighted by Gasteiger charge is -2.11. The molecule has 1 atom stereocenters. The molecule has 0 saturated heterocycles. The van der Waals surface area contributed by atoms with Gasteiger partial charge in [-0.2, -0.15) is 0 Å². The van der Waals surface area contributed by atoms with Crippen LogP contribution in [0.4, 0.5) is 0 Å². The second kappa shape index (κ2) is 5.54. The maximum absolute atomic E-state index is 12.6. The molecule has 0 aliphatic carbocycles. The molecule has 0 fully saturated rings. The fourth-order valence-electron chi connectivity index (χ4n) is 2.15. The first-order valence-electron chi connectivity index (χ1n) is 6.22. The van der Waals surface area contributed by atoms with Crippen molar-refractivity contribution in [3.63, 3.8) is 0 Å². The highest BCUT2D eigenvalue weighted by atomic mass is 31.1. The van der Waals surface area contributed by atoms with Crippen LogP contribution in [0.15, 0.2) is 36.4 Å². The summed E-state index contributed by atoms with van der Waals surface area (Å²) < 4.78 is 11.2. The lowest BCUT2D eigenvalue weighted by Crippen LogP contribution is -2.13. The van der Waals surface area contributed by atoms with Crippen LogP contribution in [0.3, 0.4) is 0 Å². The molecule has 0 amide bonds. The predicted octanol–water partition coefficient (Wildman–Crippen LogP) is 3.22. The molecule has 2 aromatic rings. The van der Waals surface area contributed by atoms with Gasteiger partial charge in [0.1, 0.15) is 0 Å². The van der Waals surface area contributed by atoms with Gasteiger partial charge < -0.3 is 4.57 Å². The Bertz CT molecular complexity index is 660. The molecule has 98 valence electrons. The van der Waals surface area contributed by atoms with Crippen LogP contribution in [0.1, 0.15) is 32.6 Å². The summed E-state index contributed by atoms with van der Waals surface area (Å²) >= 11 is 0. The van der Waals surface area contributed by atoms with Crippen molar-refractivity contribution in [3.05, 3.63) is 64.2 Å². The van der Waals surface area contributed by atoms with Crippen molar-refractivity contribution in [2.45, 2.75) is 20.8 Å². The van der Waals surface area contributed by atoms with Gasteiger partial charge in [0.2, 0.25) is 0 Å². The zero-order valence-corrected chi connectivity index (χ0v) is 12.5. The average molecular weight is 272 g/mol. The molecule has 3 heteroatoms. The van der Waals surface area contributed by atoms with Gasteiger partial charge in [-0.15, -0.1) is 0 Å². The molecule has 0 aromatic heterocycles. The maximum atomic E-state index is 12.6. The molecular formula is C16H17O2P. The summed E-state index contributed by atoms with van der Waals surface area (Å²) in [5, 5.41) is 0.644. The van der Waals surface area contributed by atoms with Gasteiger partial charge in [-0.25, -0.2) is 0 Å². The van der Waals surface area contributed by atoms with E-state index < -0.39 is 8.46 Å². The fourth-order valence-corrected chi connectivity index (χ4v) is 2.70. The van der Waals surface area contributed by atoms with E-state index in [4.69, 9.17) is 0 Å². The molecule has 0 heterocycles. The molecule has 0 bridgehead atoms. The zero-order valence-electron chi connectivity index (χ0n) is 11.4. The van der Waals surface area contributed by atoms with Crippen LogP contribution in [0, 0.1) is 20.8 Å². The highest BCUT2D eigenvalue weighted by Gasteiger charge is 2.16. The number of carbonyl (C=O) groups excluding carboxylic acids is 1. The minimum absolute atomic E-state index is 0.0421. The lowest BCUT2D eigenvalue weighted by atomic mass is 9.93. The van der Waals surface area contributed by atoms with E-state index in [2.05, 4.69) is 0 Å². The van der Waals surface area contributed by atoms with Gasteiger partial charge in [-0.1, -0.05) is 36.4 Å². The van der Waals surface area contributed by atoms with E-state index in [1.807, 2.05) is 45.0 Å². The number of rotatable bonds is 3. The summed E-state index contributed by atoms with van der Waals surface area (Å²) in [6.07, 6.45) is 0. The summed E-state index contributed by atoms with van der Waals surface area (Å²) in [5.41, 5.74) is 4.57. The number of hydrogen-bond donors (Lipinski definition) is 0. The molecule has 2 rings (SSSR count). The molecule has 19 heavy (non-hydrogen) atoms. The number of aryl methyl sites for hydroxylation is 1. The van der Waals surface area contributed by atoms with Gasteiger partial charge in [0.05, 0.1) is 8.46 Å². The average Bonchev–Trinajstić information content (AvgIpc) is 2.44. The van der Waals surface area contributed by atoms with Crippen molar-refractivity contribution in [1.82, 2.24) is 0 Å². The minimum Gasteiger partial charge on any atom is -0.325 e. The highest BCUT2D eigenvalue weighted by Crippen LogP contribution is 2.20. The Morgan fingerprint density at radius 2 is 1.58 bits per heavy atom. The van der Waals surface area contributed by atoms with Crippen LogP contribution < -0.4 is 5.30 Å². The molecule has 0 saturated carbocycles. The van der Waals surface area contributed by atoms with Gasteiger partial charge in [0.15, 0.2) is 5.78 Å². The third kappa shape index (κ3) is 2.54. The van der Waals surface area contributed by atoms with Crippen molar-refractivity contribution in [2.75, 3.05) is 0 Å². The summed E-state index contributed by atoms with van der Waals surface area (Å²) in [5.74, 6) is -0.0421. The van der Waals surface area contributed by atoms with Gasteiger partial charge >= 0.3 is 0 Å². The lowest BCUT2D eigenvalue weighted by molar-refractivity contribution is 0.103. The topological polar surface area (TPSA) is 34.1 Å². The largest absolute Gasteiger partial charge is 0.325 e. The Morgan fingerprint density at radius 1 is 0.895 bits per heavy atom. The first-order valence-corrected chi connectivity index (χ1v) is 7.27. The molecule has 2 nitrogen and oxygen atoms in total. The monoisotopic (exact) mass is 272 g/mol. The molecule has 0 aliphatic rings. The highest BCUT2D eigenvalue weighted by molar-refractivity contribution is 7.34. The second-order valence-corrected chi connectivity index (χ2v) is 5.57. The van der Waals surface area contributed by atoms with Crippen LogP contribution in [0.5, 0.6) is 0 Å². The van der Waals surface area contributed by atoms with E-state index in [-0.39, 0.29) is 5.78 Å². The first-order chi connectivity index (χ1) is 9.06. The molecule has 2 aromatic carbocycles. The Kier molecular flexibility index (Phi) is 4.01. The Labute approximate surface area is 114 Å². The second-order valence-electron chi connectivity index (χ2n) is 4.71. The standard InChI is InChI=1S/C16H17O2P/c1-10-8-9-13(12(3)11(10)2)16(17)14-6-4-5-7-15(14)19-18/h4-9H,19H2,1-3H3. The third-order valence-corrected chi connectivity index (χ3v) is 4.39. The van der Waals surface area contributed by atoms with E-state index in [9.17, 15) is 9.36 Å². The molecule has 0 N–H and O–H groups in total. The third-order valence-electron chi connectivity index (χ3n) is 3.64. The smallest absolute Gasteiger partial charge is 0.194 e. The van der Waals surface area contributed by atoms with Crippen molar-refractivity contribution < 1.29 is 9.36 Å². The van der Waals surface area contributed by atoms with Crippen LogP contribution >= 0.6 is 8.46 Å². The van der Waals surface area contributed by atoms with Crippen LogP contribution in [-0.2, 0) is 4.57 Å². The van der Waals surface area contributed by atoms with Gasteiger partial charge in [-0.3, -0.25) is 4.79 Å². The zero-order chi connectivity index (χ0) is 14.0. The quantitative estimate of drug-likeness (QED) is 0.635. The number of hydrogen-bond acceptors (Lipinski definition) is 2. The Hall–Kier alpha value is -1.66. The number of benzene rings is 2. The molecule has 0 aliphatic heterocycles. The molecule has 0 radical (unpaired) electrons. The van der Waals surface area contributed by atoms with Gasteiger partial charge in [0, 0.05) is 16.4 Å². The van der Waals surface area contributed by atoms with Gasteiger partial charge in [0.25, 0.3) is 0 Å². The Balaban J connectivity index is 2.57. The van der Waals surface area contributed by atoms with Gasteiger partial charge in [-0.05, 0) is 37.5 Å². The SMILES string of the molecule is Cc1ccc(C(=O)c2ccccc2[PH2]=O)c(C)c1C. The fraction of sp³-hybridized carbons (Fsp3) is 0.188. The van der Waals surface area contributed by atoms with E-state index in [0.717, 1.165) is 11.1 Å². The number of ketones is 1. The van der Waals surface area contributed by atoms with Crippen LogP contribution in [0.25, 0.3) is 0 Å². The minimum atomic E-state index is -1.10. The van der Waals surface area contributed by atoms with E-state index in [1.165, 1.54) is 5.56 Å². The van der Waals surface area contributed by atoms with Crippen molar-refractivity contribution in [3.8, 4) is 0 Å². The normalized spacial score (nSPS) is 11.1. The maximum Gasteiger partial charge on any atom is 0.194 e. The summed E-state index contributed by atoms with van der Waals surface area (Å²) in [7, 11) is -1.10. The summed E-state index contributed by atoms with van der Waals surface area (Å²) in [4.78, 5) is 12.6. The molecular weight excluding hydrogens is 255 g/mol. The van der Waals surface area contributed by atoms with Crippen molar-refractivity contribution in [2.24, 2.45) is 0 Å². The first kappa shape index (κ1) is 13.8. The molecule has 1 unspecified atom stereocenters. The summed E-state index contributed by atoms with van der Waals surface area (Å²) in [6.45, 7) is 6.01. The van der Waals surface area contributed by atoms with Crippen LogP contribution in [-0.4, -0.2) is 5.78 Å². The van der Waals surface area contributed by atoms with E-state index in [0.29, 0.717) is 16.4 Å². The molecule has 0 spiro atoms. The van der Waals surface area contributed by atoms with E-state index >= 15 is 0 Å². The van der Waals surface area contributed by atoms with E-state index in [1.54, 1.807) is 12.1 Å². The predicted molar refractivity (Wildman–Crippen MR) is 80.6 cm³/mol. The Morgan fingerprint density at radius 3 is 2.26 bits per heavy atom. The summed E-state index contributed by atoms with van der Waals surface area (Å²) in [6, 6.07) is 10.9. The van der Waals surface area contributed by atoms with Crippen molar-refractivity contribution >= 4 is 19.5 Å². The number of carbonyl (C=O) groups is 1. The van der Waals surface area contributed by atoms with Crippen molar-refractivity contribution in [1.29, 1.82) is 0 Å².